The van der Waals surface area contributed by atoms with E-state index < -0.39 is 25.6 Å². The van der Waals surface area contributed by atoms with E-state index >= 15 is 0 Å². The van der Waals surface area contributed by atoms with Crippen LogP contribution in [0.25, 0.3) is 15.4 Å². The average molecular weight is 343 g/mol. The van der Waals surface area contributed by atoms with E-state index in [0.29, 0.717) is 5.75 Å². The quantitative estimate of drug-likeness (QED) is 0.549. The zero-order chi connectivity index (χ0) is 15.4. The smallest absolute Gasteiger partial charge is 0.668 e. The van der Waals surface area contributed by atoms with Crippen LogP contribution >= 0.6 is 11.9 Å². The van der Waals surface area contributed by atoms with Crippen molar-refractivity contribution in [2.45, 2.75) is 25.6 Å². The molecule has 0 aromatic carbocycles. The van der Waals surface area contributed by atoms with Gasteiger partial charge in [-0.05, 0) is 24.5 Å². The van der Waals surface area contributed by atoms with Gasteiger partial charge in [0.25, 0.3) is 0 Å². The summed E-state index contributed by atoms with van der Waals surface area (Å²) in [4.78, 5) is 0. The summed E-state index contributed by atoms with van der Waals surface area (Å²) in [5.74, 6) is 0.433. The van der Waals surface area contributed by atoms with Crippen LogP contribution in [0.2, 0.25) is 0 Å². The third-order valence-electron chi connectivity index (χ3n) is 1.22. The SMILES string of the molecule is C[N-]C.C[N-]C.[2H]C1C([2H])C([2H])C(CS[N-]C)C1[2H].[CH3-].[Zr+4]. The molecule has 1 saturated carbocycles. The van der Waals surface area contributed by atoms with Crippen molar-refractivity contribution in [3.8, 4) is 0 Å². The predicted molar refractivity (Wildman–Crippen MR) is 80.5 cm³/mol. The monoisotopic (exact) mass is 341 g/mol. The topological polar surface area (TPSA) is 42.3 Å². The standard InChI is InChI=1S/C7H14NS.2C2H6N.CH3.Zr/c1-8-9-6-7-4-2-3-5-7;2*1-3-2;;/h7H,2-6H2,1H3;2*1-2H3;1H3;/q4*-1;+4/i2D,3D,4D,5D;;;;. The summed E-state index contributed by atoms with van der Waals surface area (Å²) < 4.78 is 34.2. The van der Waals surface area contributed by atoms with Crippen LogP contribution < -0.4 is 0 Å². The van der Waals surface area contributed by atoms with Gasteiger partial charge in [-0.1, -0.05) is 12.8 Å². The third kappa shape index (κ3) is 26.6. The van der Waals surface area contributed by atoms with Gasteiger partial charge in [0.1, 0.15) is 0 Å². The van der Waals surface area contributed by atoms with E-state index in [1.165, 1.54) is 11.9 Å². The van der Waals surface area contributed by atoms with Crippen molar-refractivity contribution in [2.24, 2.45) is 5.92 Å². The molecule has 5 heteroatoms. The molecular weight excluding hydrogens is 309 g/mol. The minimum Gasteiger partial charge on any atom is -0.668 e. The van der Waals surface area contributed by atoms with E-state index in [-0.39, 0.29) is 39.5 Å². The van der Waals surface area contributed by atoms with Crippen LogP contribution in [0.1, 0.15) is 31.1 Å². The van der Waals surface area contributed by atoms with Crippen LogP contribution in [0.4, 0.5) is 0 Å². The first-order chi connectivity index (χ1) is 8.92. The Kier molecular flexibility index (Phi) is 24.6. The van der Waals surface area contributed by atoms with E-state index in [9.17, 15) is 0 Å². The van der Waals surface area contributed by atoms with Crippen molar-refractivity contribution >= 4 is 11.9 Å². The molecule has 0 spiro atoms. The molecule has 0 heterocycles. The zero-order valence-corrected chi connectivity index (χ0v) is 15.1. The van der Waals surface area contributed by atoms with Crippen LogP contribution in [0.5, 0.6) is 0 Å². The average Bonchev–Trinajstić information content (AvgIpc) is 2.54. The Bertz CT molecular complexity index is 193. The second kappa shape index (κ2) is 25.8. The summed E-state index contributed by atoms with van der Waals surface area (Å²) in [6.07, 6.45) is -2.60. The molecule has 0 aromatic heterocycles. The van der Waals surface area contributed by atoms with Gasteiger partial charge in [0.15, 0.2) is 0 Å². The van der Waals surface area contributed by atoms with Gasteiger partial charge in [-0.25, -0.2) is 0 Å². The zero-order valence-electron chi connectivity index (χ0n) is 15.8. The maximum Gasteiger partial charge on any atom is 4.00 e. The van der Waals surface area contributed by atoms with E-state index in [2.05, 4.69) is 15.4 Å². The largest absolute Gasteiger partial charge is 4.00 e. The predicted octanol–water partition coefficient (Wildman–Crippen LogP) is 4.52. The second-order valence-corrected chi connectivity index (χ2v) is 3.76. The fraction of sp³-hybridized carbons (Fsp3) is 0.917. The molecule has 0 aromatic rings. The molecule has 0 radical (unpaired) electrons. The summed E-state index contributed by atoms with van der Waals surface area (Å²) in [6, 6.07) is 0. The number of nitrogens with zero attached hydrogens (tertiary/aromatic N) is 3. The van der Waals surface area contributed by atoms with Crippen molar-refractivity contribution < 1.29 is 31.7 Å². The van der Waals surface area contributed by atoms with Gasteiger partial charge in [-0.15, -0.1) is 0 Å². The molecule has 1 aliphatic rings. The van der Waals surface area contributed by atoms with E-state index in [4.69, 9.17) is 5.48 Å². The molecule has 3 nitrogen and oxygen atoms in total. The van der Waals surface area contributed by atoms with Crippen molar-refractivity contribution in [3.63, 3.8) is 0 Å². The Balaban J connectivity index is -0.000000157. The summed E-state index contributed by atoms with van der Waals surface area (Å²) in [5.41, 5.74) is 0. The molecule has 0 bridgehead atoms. The van der Waals surface area contributed by atoms with Crippen LogP contribution in [0.15, 0.2) is 0 Å². The number of rotatable bonds is 3. The molecule has 1 rings (SSSR count). The Hall–Kier alpha value is 1.11. The molecular formula is C12H29N3SZr. The van der Waals surface area contributed by atoms with Crippen LogP contribution in [-0.4, -0.2) is 41.0 Å². The van der Waals surface area contributed by atoms with Crippen LogP contribution in [-0.2, 0) is 26.2 Å². The molecule has 0 saturated heterocycles. The van der Waals surface area contributed by atoms with Crippen molar-refractivity contribution in [1.29, 1.82) is 0 Å². The maximum atomic E-state index is 7.65. The summed E-state index contributed by atoms with van der Waals surface area (Å²) in [7, 11) is 8.67. The van der Waals surface area contributed by atoms with E-state index in [1.54, 1.807) is 35.2 Å². The Morgan fingerprint density at radius 3 is 1.71 bits per heavy atom. The Morgan fingerprint density at radius 2 is 1.41 bits per heavy atom. The summed E-state index contributed by atoms with van der Waals surface area (Å²) in [5, 5.41) is 7.00. The van der Waals surface area contributed by atoms with Gasteiger partial charge in [0.2, 0.25) is 0 Å². The van der Waals surface area contributed by atoms with Gasteiger partial charge >= 0.3 is 26.2 Å². The second-order valence-electron chi connectivity index (χ2n) is 2.81. The maximum absolute atomic E-state index is 7.65. The van der Waals surface area contributed by atoms with Gasteiger partial charge in [-0.3, -0.25) is 11.9 Å². The van der Waals surface area contributed by atoms with Gasteiger partial charge in [0, 0.05) is 5.48 Å². The minimum atomic E-state index is -0.718. The molecule has 1 fully saturated rings. The molecule has 17 heavy (non-hydrogen) atoms. The first-order valence-corrected chi connectivity index (χ1v) is 5.72. The minimum absolute atomic E-state index is 0. The Labute approximate surface area is 139 Å². The van der Waals surface area contributed by atoms with Crippen LogP contribution in [0.3, 0.4) is 0 Å². The van der Waals surface area contributed by atoms with Crippen LogP contribution in [0, 0.1) is 13.3 Å². The van der Waals surface area contributed by atoms with E-state index in [0.717, 1.165) is 0 Å². The fourth-order valence-electron chi connectivity index (χ4n) is 0.750. The number of hydrogen-bond donors (Lipinski definition) is 0. The molecule has 102 valence electrons. The first-order valence-electron chi connectivity index (χ1n) is 7.09. The molecule has 0 amide bonds. The molecule has 4 atom stereocenters. The normalized spacial score (nSPS) is 37.1. The molecule has 1 aliphatic carbocycles. The molecule has 0 aliphatic heterocycles. The van der Waals surface area contributed by atoms with Gasteiger partial charge < -0.3 is 22.8 Å². The van der Waals surface area contributed by atoms with Gasteiger partial charge in [-0.2, -0.15) is 35.2 Å². The van der Waals surface area contributed by atoms with Gasteiger partial charge in [0.05, 0.1) is 0 Å². The summed E-state index contributed by atoms with van der Waals surface area (Å²) in [6.45, 7) is 0. The van der Waals surface area contributed by atoms with E-state index in [1.807, 2.05) is 0 Å². The first kappa shape index (κ1) is 16.2. The molecule has 0 N–H and O–H groups in total. The fourth-order valence-corrected chi connectivity index (χ4v) is 1.29. The summed E-state index contributed by atoms with van der Waals surface area (Å²) >= 11 is 1.34. The molecule has 4 unspecified atom stereocenters. The Morgan fingerprint density at radius 1 is 1.06 bits per heavy atom. The third-order valence-corrected chi connectivity index (χ3v) is 2.02. The van der Waals surface area contributed by atoms with Crippen molar-refractivity contribution in [1.82, 2.24) is 0 Å². The number of hydrogen-bond acceptors (Lipinski definition) is 1. The van der Waals surface area contributed by atoms with Crippen molar-refractivity contribution in [3.05, 3.63) is 22.8 Å². The van der Waals surface area contributed by atoms with Crippen molar-refractivity contribution in [2.75, 3.05) is 41.0 Å².